The van der Waals surface area contributed by atoms with Gasteiger partial charge in [0.05, 0.1) is 10.7 Å². The highest BCUT2D eigenvalue weighted by Crippen LogP contribution is 2.10. The molecule has 0 amide bonds. The third-order valence-electron chi connectivity index (χ3n) is 1.12. The number of hydrogen-bond acceptors (Lipinski definition) is 5. The molecule has 0 saturated carbocycles. The van der Waals surface area contributed by atoms with Gasteiger partial charge in [0.25, 0.3) is 0 Å². The molecule has 0 fully saturated rings. The monoisotopic (exact) mass is 199 g/mol. The molecule has 0 heterocycles. The van der Waals surface area contributed by atoms with E-state index in [1.165, 1.54) is 24.3 Å². The molecule has 0 spiro atoms. The smallest absolute Gasteiger partial charge is 0.335 e. The van der Waals surface area contributed by atoms with Gasteiger partial charge in [0, 0.05) is 0 Å². The van der Waals surface area contributed by atoms with E-state index in [4.69, 9.17) is 20.4 Å². The first-order valence-corrected chi connectivity index (χ1v) is 3.26. The molecule has 1 aromatic rings. The first kappa shape index (κ1) is 11.7. The van der Waals surface area contributed by atoms with Gasteiger partial charge in [-0.2, -0.15) is 0 Å². The van der Waals surface area contributed by atoms with Gasteiger partial charge in [-0.3, -0.25) is 0 Å². The van der Waals surface area contributed by atoms with Crippen molar-refractivity contribution in [2.45, 2.75) is 0 Å². The SMILES string of the molecule is O=C(O)c1ccccc1[O-].O=[N+]([O-])[O-]. The average Bonchev–Trinajstić information content (AvgIpc) is 2.03. The molecule has 0 unspecified atom stereocenters. The third kappa shape index (κ3) is 4.54. The fraction of sp³-hybridized carbons (Fsp3) is 0. The Morgan fingerprint density at radius 1 is 1.29 bits per heavy atom. The number of nitrogens with zero attached hydrogens (tertiary/aromatic N) is 1. The Morgan fingerprint density at radius 3 is 2.00 bits per heavy atom. The summed E-state index contributed by atoms with van der Waals surface area (Å²) >= 11 is 0. The minimum absolute atomic E-state index is 0.178. The molecule has 1 rings (SSSR count). The van der Waals surface area contributed by atoms with E-state index < -0.39 is 16.8 Å². The summed E-state index contributed by atoms with van der Waals surface area (Å²) in [6.07, 6.45) is 0. The summed E-state index contributed by atoms with van der Waals surface area (Å²) in [6.45, 7) is 0. The highest BCUT2D eigenvalue weighted by Gasteiger charge is 1.99. The zero-order chi connectivity index (χ0) is 11.1. The largest absolute Gasteiger partial charge is 0.872 e. The van der Waals surface area contributed by atoms with Crippen molar-refractivity contribution in [3.8, 4) is 5.75 Å². The second kappa shape index (κ2) is 5.36. The fourth-order valence-corrected chi connectivity index (χ4v) is 0.643. The van der Waals surface area contributed by atoms with Crippen LogP contribution in [0.1, 0.15) is 10.4 Å². The van der Waals surface area contributed by atoms with Gasteiger partial charge in [-0.25, -0.2) is 4.79 Å². The lowest BCUT2D eigenvalue weighted by Crippen LogP contribution is -2.02. The fourth-order valence-electron chi connectivity index (χ4n) is 0.643. The molecule has 0 aliphatic rings. The van der Waals surface area contributed by atoms with Crippen LogP contribution in [0.25, 0.3) is 0 Å². The highest BCUT2D eigenvalue weighted by molar-refractivity contribution is 5.90. The standard InChI is InChI=1S/C7H6O3.NO3/c8-6-4-2-1-3-5(6)7(9)10;2-1(3)4/h1-4,8H,(H,9,10);/q;-1/p-1. The maximum atomic E-state index is 10.7. The van der Waals surface area contributed by atoms with Crippen molar-refractivity contribution in [1.29, 1.82) is 0 Å². The number of hydrogen-bond donors (Lipinski definition) is 1. The lowest BCUT2D eigenvalue weighted by atomic mass is 10.2. The van der Waals surface area contributed by atoms with Gasteiger partial charge in [-0.1, -0.05) is 23.9 Å². The summed E-state index contributed by atoms with van der Waals surface area (Å²) in [5.74, 6) is -1.62. The molecular weight excluding hydrogens is 194 g/mol. The minimum Gasteiger partial charge on any atom is -0.872 e. The maximum absolute atomic E-state index is 10.7. The topological polar surface area (TPSA) is 127 Å². The summed E-state index contributed by atoms with van der Waals surface area (Å²) in [7, 11) is 0. The molecule has 7 nitrogen and oxygen atoms in total. The molecule has 1 aromatic carbocycles. The molecular formula is C7H5NO6-2. The van der Waals surface area contributed by atoms with Crippen LogP contribution in [-0.4, -0.2) is 16.2 Å². The van der Waals surface area contributed by atoms with Crippen molar-refractivity contribution >= 4 is 5.97 Å². The molecule has 0 aliphatic carbocycles. The first-order valence-electron chi connectivity index (χ1n) is 3.26. The van der Waals surface area contributed by atoms with Crippen LogP contribution >= 0.6 is 0 Å². The van der Waals surface area contributed by atoms with Crippen molar-refractivity contribution in [2.24, 2.45) is 0 Å². The van der Waals surface area contributed by atoms with Crippen molar-refractivity contribution in [3.05, 3.63) is 45.2 Å². The van der Waals surface area contributed by atoms with E-state index in [1.807, 2.05) is 0 Å². The van der Waals surface area contributed by atoms with E-state index in [0.29, 0.717) is 0 Å². The van der Waals surface area contributed by atoms with Crippen LogP contribution in [0.5, 0.6) is 5.75 Å². The van der Waals surface area contributed by atoms with Crippen molar-refractivity contribution in [2.75, 3.05) is 0 Å². The molecule has 0 bridgehead atoms. The molecule has 76 valence electrons. The van der Waals surface area contributed by atoms with Crippen LogP contribution in [0, 0.1) is 15.3 Å². The van der Waals surface area contributed by atoms with Crippen LogP contribution in [0.15, 0.2) is 24.3 Å². The van der Waals surface area contributed by atoms with Crippen LogP contribution in [0.3, 0.4) is 0 Å². The van der Waals surface area contributed by atoms with Crippen LogP contribution in [0.4, 0.5) is 0 Å². The van der Waals surface area contributed by atoms with Crippen molar-refractivity contribution in [3.63, 3.8) is 0 Å². The Labute approximate surface area is 78.0 Å². The van der Waals surface area contributed by atoms with Gasteiger partial charge >= 0.3 is 5.97 Å². The zero-order valence-electron chi connectivity index (χ0n) is 6.75. The zero-order valence-corrected chi connectivity index (χ0v) is 6.75. The molecule has 0 atom stereocenters. The molecule has 0 saturated heterocycles. The Balaban J connectivity index is 0.000000364. The predicted molar refractivity (Wildman–Crippen MR) is 43.2 cm³/mol. The Hall–Kier alpha value is -2.31. The Morgan fingerprint density at radius 2 is 1.71 bits per heavy atom. The summed E-state index contributed by atoms with van der Waals surface area (Å²) < 4.78 is 0. The van der Waals surface area contributed by atoms with E-state index in [2.05, 4.69) is 0 Å². The molecule has 0 aliphatic heterocycles. The van der Waals surface area contributed by atoms with Gasteiger partial charge < -0.3 is 25.5 Å². The predicted octanol–water partition coefficient (Wildman–Crippen LogP) is 0.219. The lowest BCUT2D eigenvalue weighted by Gasteiger charge is -2.07. The summed E-state index contributed by atoms with van der Waals surface area (Å²) in [4.78, 5) is 18.5. The second-order valence-electron chi connectivity index (χ2n) is 2.02. The van der Waals surface area contributed by atoms with Gasteiger partial charge in [-0.05, 0) is 6.07 Å². The average molecular weight is 199 g/mol. The van der Waals surface area contributed by atoms with Crippen LogP contribution in [0.2, 0.25) is 0 Å². The quantitative estimate of drug-likeness (QED) is 0.509. The van der Waals surface area contributed by atoms with E-state index in [1.54, 1.807) is 0 Å². The number of aromatic carboxylic acids is 1. The van der Waals surface area contributed by atoms with E-state index in [0.717, 1.165) is 0 Å². The van der Waals surface area contributed by atoms with E-state index in [9.17, 15) is 9.90 Å². The number of benzene rings is 1. The Bertz CT molecular complexity index is 333. The van der Waals surface area contributed by atoms with Gasteiger partial charge in [0.1, 0.15) is 0 Å². The number of rotatable bonds is 1. The Kier molecular flexibility index (Phi) is 4.47. The third-order valence-corrected chi connectivity index (χ3v) is 1.12. The summed E-state index contributed by atoms with van der Waals surface area (Å²) in [5, 5.41) is 33.8. The summed E-state index contributed by atoms with van der Waals surface area (Å²) in [6, 6.07) is 5.54. The molecule has 0 aromatic heterocycles. The molecule has 14 heavy (non-hydrogen) atoms. The second-order valence-corrected chi connectivity index (χ2v) is 2.02. The molecule has 0 radical (unpaired) electrons. The molecule has 1 N–H and O–H groups in total. The number of para-hydroxylation sites is 1. The highest BCUT2D eigenvalue weighted by atomic mass is 16.9. The van der Waals surface area contributed by atoms with Gasteiger partial charge in [0.15, 0.2) is 0 Å². The lowest BCUT2D eigenvalue weighted by molar-refractivity contribution is -0.402. The normalized spacial score (nSPS) is 8.29. The maximum Gasteiger partial charge on any atom is 0.335 e. The number of carbonyl (C=O) groups is 1. The van der Waals surface area contributed by atoms with Gasteiger partial charge in [-0.15, -0.1) is 0 Å². The number of carboxylic acids is 1. The summed E-state index contributed by atoms with van der Waals surface area (Å²) in [5.41, 5.74) is -0.178. The molecule has 7 heteroatoms. The van der Waals surface area contributed by atoms with Crippen LogP contribution < -0.4 is 5.11 Å². The number of carboxylic acid groups (broad SMARTS) is 1. The first-order chi connectivity index (χ1) is 6.45. The van der Waals surface area contributed by atoms with Crippen LogP contribution in [-0.2, 0) is 0 Å². The van der Waals surface area contributed by atoms with E-state index >= 15 is 0 Å². The minimum atomic E-state index is -1.75. The van der Waals surface area contributed by atoms with Gasteiger partial charge in [0.2, 0.25) is 0 Å². The van der Waals surface area contributed by atoms with Crippen molar-refractivity contribution < 1.29 is 20.1 Å². The van der Waals surface area contributed by atoms with Crippen molar-refractivity contribution in [1.82, 2.24) is 0 Å². The van der Waals surface area contributed by atoms with E-state index in [-0.39, 0.29) is 5.56 Å².